The number of anilines is 1. The second kappa shape index (κ2) is 6.67. The summed E-state index contributed by atoms with van der Waals surface area (Å²) >= 11 is 0. The Kier molecular flexibility index (Phi) is 5.46. The zero-order valence-corrected chi connectivity index (χ0v) is 12.8. The van der Waals surface area contributed by atoms with Gasteiger partial charge in [-0.25, -0.2) is 8.42 Å². The van der Waals surface area contributed by atoms with Gasteiger partial charge in [0.2, 0.25) is 15.9 Å². The smallest absolute Gasteiger partial charge is 0.244 e. The third kappa shape index (κ3) is 4.17. The first kappa shape index (κ1) is 16.4. The topological polar surface area (TPSA) is 100 Å². The van der Waals surface area contributed by atoms with E-state index < -0.39 is 16.1 Å². The summed E-state index contributed by atoms with van der Waals surface area (Å²) in [6.07, 6.45) is 2.72. The summed E-state index contributed by atoms with van der Waals surface area (Å²) < 4.78 is 26.8. The molecule has 1 unspecified atom stereocenters. The van der Waals surface area contributed by atoms with Crippen LogP contribution in [-0.4, -0.2) is 38.4 Å². The number of rotatable bonds is 6. The van der Waals surface area contributed by atoms with Crippen LogP contribution in [0, 0.1) is 0 Å². The molecule has 1 amide bonds. The van der Waals surface area contributed by atoms with Crippen molar-refractivity contribution in [1.82, 2.24) is 15.0 Å². The number of carbonyl (C=O) groups excluding carboxylic acids is 1. The van der Waals surface area contributed by atoms with Crippen molar-refractivity contribution in [2.75, 3.05) is 12.4 Å². The number of nitrogens with zero attached hydrogens (tertiary/aromatic N) is 1. The fourth-order valence-corrected chi connectivity index (χ4v) is 2.92. The van der Waals surface area contributed by atoms with Gasteiger partial charge in [0.1, 0.15) is 4.90 Å². The maximum absolute atomic E-state index is 12.2. The van der Waals surface area contributed by atoms with Gasteiger partial charge >= 0.3 is 0 Å². The SMILES string of the molecule is CNc1ccncc1S(=O)(=O)NC(C)C(=O)NC(C)C. The predicted molar refractivity (Wildman–Crippen MR) is 76.8 cm³/mol. The van der Waals surface area contributed by atoms with Crippen LogP contribution in [0.4, 0.5) is 5.69 Å². The quantitative estimate of drug-likeness (QED) is 0.702. The first-order valence-electron chi connectivity index (χ1n) is 6.22. The fraction of sp³-hybridized carbons (Fsp3) is 0.500. The summed E-state index contributed by atoms with van der Waals surface area (Å²) in [5.41, 5.74) is 0.420. The third-order valence-electron chi connectivity index (χ3n) is 2.50. The average Bonchev–Trinajstić information content (AvgIpc) is 2.37. The Labute approximate surface area is 119 Å². The van der Waals surface area contributed by atoms with Crippen molar-refractivity contribution in [1.29, 1.82) is 0 Å². The molecule has 1 aromatic rings. The summed E-state index contributed by atoms with van der Waals surface area (Å²) in [4.78, 5) is 15.6. The molecule has 20 heavy (non-hydrogen) atoms. The van der Waals surface area contributed by atoms with Crippen molar-refractivity contribution in [2.45, 2.75) is 37.8 Å². The minimum absolute atomic E-state index is 0.00620. The lowest BCUT2D eigenvalue weighted by molar-refractivity contribution is -0.122. The Bertz CT molecular complexity index is 572. The minimum atomic E-state index is -3.82. The molecule has 112 valence electrons. The van der Waals surface area contributed by atoms with Gasteiger partial charge in [-0.3, -0.25) is 9.78 Å². The van der Waals surface area contributed by atoms with E-state index in [9.17, 15) is 13.2 Å². The van der Waals surface area contributed by atoms with Crippen molar-refractivity contribution in [3.8, 4) is 0 Å². The summed E-state index contributed by atoms with van der Waals surface area (Å²) in [6, 6.07) is 0.626. The number of carbonyl (C=O) groups is 1. The number of amides is 1. The number of hydrogen-bond donors (Lipinski definition) is 3. The number of pyridine rings is 1. The molecule has 0 aliphatic heterocycles. The van der Waals surface area contributed by atoms with Gasteiger partial charge in [0.25, 0.3) is 0 Å². The Hall–Kier alpha value is -1.67. The van der Waals surface area contributed by atoms with Gasteiger partial charge in [-0.2, -0.15) is 4.72 Å². The second-order valence-electron chi connectivity index (χ2n) is 4.63. The van der Waals surface area contributed by atoms with E-state index >= 15 is 0 Å². The highest BCUT2D eigenvalue weighted by atomic mass is 32.2. The van der Waals surface area contributed by atoms with Crippen LogP contribution in [-0.2, 0) is 14.8 Å². The van der Waals surface area contributed by atoms with Crippen molar-refractivity contribution >= 4 is 21.6 Å². The maximum Gasteiger partial charge on any atom is 0.244 e. The Morgan fingerprint density at radius 2 is 1.95 bits per heavy atom. The molecule has 0 aromatic carbocycles. The highest BCUT2D eigenvalue weighted by Crippen LogP contribution is 2.18. The van der Waals surface area contributed by atoms with Crippen LogP contribution in [0.1, 0.15) is 20.8 Å². The molecule has 0 aliphatic rings. The standard InChI is InChI=1S/C12H20N4O3S/c1-8(2)15-12(17)9(3)16-20(18,19)11-7-14-6-5-10(11)13-4/h5-9,16H,1-4H3,(H,13,14)(H,15,17). The molecular weight excluding hydrogens is 280 g/mol. The molecule has 0 saturated carbocycles. The largest absolute Gasteiger partial charge is 0.387 e. The molecule has 0 saturated heterocycles. The molecule has 0 bridgehead atoms. The van der Waals surface area contributed by atoms with Gasteiger partial charge in [0.05, 0.1) is 11.7 Å². The molecule has 3 N–H and O–H groups in total. The molecule has 7 nitrogen and oxygen atoms in total. The molecule has 1 aromatic heterocycles. The summed E-state index contributed by atoms with van der Waals surface area (Å²) in [5, 5.41) is 5.42. The molecule has 1 atom stereocenters. The molecule has 0 aliphatic carbocycles. The number of sulfonamides is 1. The maximum atomic E-state index is 12.2. The summed E-state index contributed by atoms with van der Waals surface area (Å²) in [7, 11) is -2.20. The predicted octanol–water partition coefficient (Wildman–Crippen LogP) is 0.315. The highest BCUT2D eigenvalue weighted by molar-refractivity contribution is 7.89. The molecule has 0 spiro atoms. The minimum Gasteiger partial charge on any atom is -0.387 e. The third-order valence-corrected chi connectivity index (χ3v) is 4.07. The zero-order valence-electron chi connectivity index (χ0n) is 12.0. The Morgan fingerprint density at radius 1 is 1.30 bits per heavy atom. The molecule has 1 rings (SSSR count). The molecule has 0 fully saturated rings. The van der Waals surface area contributed by atoms with Gasteiger partial charge in [0, 0.05) is 25.5 Å². The van der Waals surface area contributed by atoms with Crippen molar-refractivity contribution in [3.63, 3.8) is 0 Å². The first-order chi connectivity index (χ1) is 9.27. The number of nitrogens with one attached hydrogen (secondary N) is 3. The Morgan fingerprint density at radius 3 is 2.50 bits per heavy atom. The van der Waals surface area contributed by atoms with E-state index in [4.69, 9.17) is 0 Å². The molecule has 8 heteroatoms. The zero-order chi connectivity index (χ0) is 15.3. The van der Waals surface area contributed by atoms with Gasteiger partial charge in [-0.05, 0) is 26.8 Å². The van der Waals surface area contributed by atoms with Gasteiger partial charge in [-0.15, -0.1) is 0 Å². The lowest BCUT2D eigenvalue weighted by atomic mass is 10.3. The van der Waals surface area contributed by atoms with Gasteiger partial charge < -0.3 is 10.6 Å². The van der Waals surface area contributed by atoms with Gasteiger partial charge in [0.15, 0.2) is 0 Å². The molecular formula is C12H20N4O3S. The first-order valence-corrected chi connectivity index (χ1v) is 7.70. The lowest BCUT2D eigenvalue weighted by Gasteiger charge is -2.17. The second-order valence-corrected chi connectivity index (χ2v) is 6.31. The number of hydrogen-bond acceptors (Lipinski definition) is 5. The van der Waals surface area contributed by atoms with E-state index in [2.05, 4.69) is 20.3 Å². The molecule has 0 radical (unpaired) electrons. The van der Waals surface area contributed by atoms with Crippen LogP contribution in [0.3, 0.4) is 0 Å². The van der Waals surface area contributed by atoms with Crippen LogP contribution in [0.2, 0.25) is 0 Å². The molecule has 1 heterocycles. The van der Waals surface area contributed by atoms with Crippen LogP contribution in [0.5, 0.6) is 0 Å². The fourth-order valence-electron chi connectivity index (χ4n) is 1.56. The van der Waals surface area contributed by atoms with Gasteiger partial charge in [-0.1, -0.05) is 0 Å². The normalized spacial score (nSPS) is 13.1. The van der Waals surface area contributed by atoms with E-state index in [-0.39, 0.29) is 16.8 Å². The van der Waals surface area contributed by atoms with Crippen LogP contribution < -0.4 is 15.4 Å². The van der Waals surface area contributed by atoms with E-state index in [1.807, 2.05) is 0 Å². The van der Waals surface area contributed by atoms with Crippen LogP contribution >= 0.6 is 0 Å². The monoisotopic (exact) mass is 300 g/mol. The highest BCUT2D eigenvalue weighted by Gasteiger charge is 2.24. The number of aromatic nitrogens is 1. The van der Waals surface area contributed by atoms with Crippen molar-refractivity contribution in [3.05, 3.63) is 18.5 Å². The van der Waals surface area contributed by atoms with Crippen LogP contribution in [0.25, 0.3) is 0 Å². The van der Waals surface area contributed by atoms with E-state index in [0.29, 0.717) is 5.69 Å². The summed E-state index contributed by atoms with van der Waals surface area (Å²) in [6.45, 7) is 5.10. The van der Waals surface area contributed by atoms with E-state index in [0.717, 1.165) is 0 Å². The van der Waals surface area contributed by atoms with Crippen molar-refractivity contribution < 1.29 is 13.2 Å². The van der Waals surface area contributed by atoms with E-state index in [1.54, 1.807) is 27.0 Å². The lowest BCUT2D eigenvalue weighted by Crippen LogP contribution is -2.46. The summed E-state index contributed by atoms with van der Waals surface area (Å²) in [5.74, 6) is -0.376. The van der Waals surface area contributed by atoms with Crippen LogP contribution in [0.15, 0.2) is 23.4 Å². The Balaban J connectivity index is 2.92. The average molecular weight is 300 g/mol. The van der Waals surface area contributed by atoms with Crippen molar-refractivity contribution in [2.24, 2.45) is 0 Å². The van der Waals surface area contributed by atoms with E-state index in [1.165, 1.54) is 19.3 Å².